The number of sulfonamides is 1. The normalized spacial score (nSPS) is 22.0. The van der Waals surface area contributed by atoms with Crippen LogP contribution in [0.4, 0.5) is 0 Å². The van der Waals surface area contributed by atoms with Gasteiger partial charge in [-0.3, -0.25) is 4.79 Å². The topological polar surface area (TPSA) is 66.5 Å². The van der Waals surface area contributed by atoms with Gasteiger partial charge in [-0.05, 0) is 49.9 Å². The molecule has 0 bridgehead atoms. The minimum absolute atomic E-state index is 0.180. The van der Waals surface area contributed by atoms with Crippen LogP contribution in [0, 0.1) is 0 Å². The van der Waals surface area contributed by atoms with E-state index in [0.717, 1.165) is 5.75 Å². The third kappa shape index (κ3) is 5.40. The Labute approximate surface area is 171 Å². The van der Waals surface area contributed by atoms with E-state index in [1.54, 1.807) is 12.1 Å². The van der Waals surface area contributed by atoms with Crippen LogP contribution in [0.25, 0.3) is 0 Å². The minimum atomic E-state index is -3.69. The Balaban J connectivity index is 1.53. The van der Waals surface area contributed by atoms with Gasteiger partial charge in [-0.25, -0.2) is 8.42 Å². The van der Waals surface area contributed by atoms with Gasteiger partial charge >= 0.3 is 0 Å². The maximum atomic E-state index is 12.9. The van der Waals surface area contributed by atoms with Gasteiger partial charge in [-0.1, -0.05) is 30.9 Å². The molecule has 150 valence electrons. The number of hydrogen-bond donors (Lipinski definition) is 1. The molecule has 2 fully saturated rings. The predicted octanol–water partition coefficient (Wildman–Crippen LogP) is 3.68. The lowest BCUT2D eigenvalue weighted by Gasteiger charge is -2.24. The summed E-state index contributed by atoms with van der Waals surface area (Å²) in [5.41, 5.74) is 0. The molecule has 1 saturated carbocycles. The third-order valence-corrected chi connectivity index (χ3v) is 8.79. The zero-order valence-electron chi connectivity index (χ0n) is 15.4. The van der Waals surface area contributed by atoms with Crippen molar-refractivity contribution < 1.29 is 13.2 Å². The van der Waals surface area contributed by atoms with Crippen LogP contribution in [0.2, 0.25) is 5.02 Å². The molecule has 1 aromatic rings. The van der Waals surface area contributed by atoms with Crippen LogP contribution < -0.4 is 5.32 Å². The van der Waals surface area contributed by atoms with Crippen molar-refractivity contribution in [3.05, 3.63) is 29.3 Å². The summed E-state index contributed by atoms with van der Waals surface area (Å²) < 4.78 is 27.1. The molecule has 0 unspecified atom stereocenters. The molecule has 2 aliphatic rings. The highest BCUT2D eigenvalue weighted by atomic mass is 35.5. The first-order valence-electron chi connectivity index (χ1n) is 9.65. The largest absolute Gasteiger partial charge is 0.354 e. The number of thioether (sulfide) groups is 1. The van der Waals surface area contributed by atoms with Crippen LogP contribution in [0.15, 0.2) is 29.2 Å². The lowest BCUT2D eigenvalue weighted by atomic mass is 10.0. The van der Waals surface area contributed by atoms with E-state index in [4.69, 9.17) is 11.6 Å². The number of hydrogen-bond acceptors (Lipinski definition) is 4. The van der Waals surface area contributed by atoms with E-state index in [1.807, 2.05) is 11.8 Å². The van der Waals surface area contributed by atoms with E-state index in [0.29, 0.717) is 36.2 Å². The number of nitrogens with one attached hydrogen (secondary N) is 1. The molecule has 3 rings (SSSR count). The molecule has 1 atom stereocenters. The average molecular weight is 431 g/mol. The molecule has 1 saturated heterocycles. The highest BCUT2D eigenvalue weighted by molar-refractivity contribution is 7.99. The van der Waals surface area contributed by atoms with Crippen molar-refractivity contribution in [2.45, 2.75) is 61.1 Å². The van der Waals surface area contributed by atoms with Crippen molar-refractivity contribution >= 4 is 39.3 Å². The summed E-state index contributed by atoms with van der Waals surface area (Å²) in [4.78, 5) is 12.8. The molecule has 1 heterocycles. The lowest BCUT2D eigenvalue weighted by Crippen LogP contribution is -2.46. The Hall–Kier alpha value is -0.760. The molecular weight excluding hydrogens is 404 g/mol. The van der Waals surface area contributed by atoms with Crippen LogP contribution in [0.1, 0.15) is 44.9 Å². The number of carbonyl (C=O) groups excluding carboxylic acids is 1. The van der Waals surface area contributed by atoms with Crippen molar-refractivity contribution in [1.82, 2.24) is 9.62 Å². The fraction of sp³-hybridized carbons (Fsp3) is 0.632. The summed E-state index contributed by atoms with van der Waals surface area (Å²) in [5.74, 6) is 0.696. The van der Waals surface area contributed by atoms with Gasteiger partial charge in [-0.2, -0.15) is 16.1 Å². The van der Waals surface area contributed by atoms with Crippen molar-refractivity contribution in [1.29, 1.82) is 0 Å². The third-order valence-electron chi connectivity index (χ3n) is 5.23. The molecular formula is C19H27ClN2O3S2. The standard InChI is InChI=1S/C19H27ClN2O3S2/c20-15-8-10-17(11-9-15)27(24,25)22-13-4-7-18(22)19(23)21-12-14-26-16-5-2-1-3-6-16/h8-11,16,18H,1-7,12-14H2,(H,21,23)/t18-/m0/s1. The number of halogens is 1. The minimum Gasteiger partial charge on any atom is -0.354 e. The summed E-state index contributed by atoms with van der Waals surface area (Å²) in [5, 5.41) is 4.14. The molecule has 1 aromatic carbocycles. The number of amides is 1. The molecule has 1 aliphatic carbocycles. The summed E-state index contributed by atoms with van der Waals surface area (Å²) in [7, 11) is -3.69. The first-order chi connectivity index (χ1) is 13.0. The van der Waals surface area contributed by atoms with Gasteiger partial charge in [0.1, 0.15) is 6.04 Å². The number of nitrogens with zero attached hydrogens (tertiary/aromatic N) is 1. The Bertz CT molecular complexity index is 734. The van der Waals surface area contributed by atoms with Gasteiger partial charge in [-0.15, -0.1) is 0 Å². The zero-order chi connectivity index (χ0) is 19.3. The SMILES string of the molecule is O=C(NCCSC1CCCCC1)[C@@H]1CCCN1S(=O)(=O)c1ccc(Cl)cc1. The lowest BCUT2D eigenvalue weighted by molar-refractivity contribution is -0.124. The zero-order valence-corrected chi connectivity index (χ0v) is 17.8. The van der Waals surface area contributed by atoms with E-state index >= 15 is 0 Å². The Morgan fingerprint density at radius 3 is 2.52 bits per heavy atom. The van der Waals surface area contributed by atoms with Gasteiger partial charge < -0.3 is 5.32 Å². The van der Waals surface area contributed by atoms with Crippen molar-refractivity contribution in [3.8, 4) is 0 Å². The van der Waals surface area contributed by atoms with Crippen LogP contribution in [0.5, 0.6) is 0 Å². The highest BCUT2D eigenvalue weighted by Gasteiger charge is 2.39. The quantitative estimate of drug-likeness (QED) is 0.670. The molecule has 8 heteroatoms. The number of benzene rings is 1. The van der Waals surface area contributed by atoms with Crippen molar-refractivity contribution in [2.24, 2.45) is 0 Å². The van der Waals surface area contributed by atoms with Crippen LogP contribution >= 0.6 is 23.4 Å². The highest BCUT2D eigenvalue weighted by Crippen LogP contribution is 2.28. The predicted molar refractivity (Wildman–Crippen MR) is 111 cm³/mol. The number of rotatable bonds is 7. The summed E-state index contributed by atoms with van der Waals surface area (Å²) >= 11 is 7.78. The van der Waals surface area contributed by atoms with Gasteiger partial charge in [0.15, 0.2) is 0 Å². The Kier molecular flexibility index (Phi) is 7.48. The fourth-order valence-electron chi connectivity index (χ4n) is 3.78. The van der Waals surface area contributed by atoms with Crippen LogP contribution in [-0.4, -0.2) is 48.8 Å². The smallest absolute Gasteiger partial charge is 0.243 e. The molecule has 0 spiro atoms. The number of carbonyl (C=O) groups is 1. The summed E-state index contributed by atoms with van der Waals surface area (Å²) in [6, 6.07) is 5.48. The van der Waals surface area contributed by atoms with Crippen LogP contribution in [-0.2, 0) is 14.8 Å². The second-order valence-electron chi connectivity index (χ2n) is 7.15. The molecule has 1 amide bonds. The molecule has 5 nitrogen and oxygen atoms in total. The maximum absolute atomic E-state index is 12.9. The summed E-state index contributed by atoms with van der Waals surface area (Å²) in [6.07, 6.45) is 7.76. The van der Waals surface area contributed by atoms with Gasteiger partial charge in [0.2, 0.25) is 15.9 Å². The van der Waals surface area contributed by atoms with E-state index in [2.05, 4.69) is 5.32 Å². The van der Waals surface area contributed by atoms with E-state index in [1.165, 1.54) is 48.5 Å². The van der Waals surface area contributed by atoms with Gasteiger partial charge in [0, 0.05) is 29.1 Å². The molecule has 1 aliphatic heterocycles. The second kappa shape index (κ2) is 9.63. The Morgan fingerprint density at radius 2 is 1.81 bits per heavy atom. The van der Waals surface area contributed by atoms with E-state index in [9.17, 15) is 13.2 Å². The Morgan fingerprint density at radius 1 is 1.11 bits per heavy atom. The molecule has 0 aromatic heterocycles. The molecule has 1 N–H and O–H groups in total. The second-order valence-corrected chi connectivity index (χ2v) is 10.9. The average Bonchev–Trinajstić information content (AvgIpc) is 3.17. The molecule has 0 radical (unpaired) electrons. The fourth-order valence-corrected chi connectivity index (χ4v) is 6.78. The van der Waals surface area contributed by atoms with Crippen molar-refractivity contribution in [2.75, 3.05) is 18.8 Å². The van der Waals surface area contributed by atoms with Gasteiger partial charge in [0.25, 0.3) is 0 Å². The monoisotopic (exact) mass is 430 g/mol. The van der Waals surface area contributed by atoms with E-state index < -0.39 is 16.1 Å². The first-order valence-corrected chi connectivity index (χ1v) is 12.5. The van der Waals surface area contributed by atoms with Gasteiger partial charge in [0.05, 0.1) is 4.90 Å². The molecule has 27 heavy (non-hydrogen) atoms. The maximum Gasteiger partial charge on any atom is 0.243 e. The van der Waals surface area contributed by atoms with Crippen molar-refractivity contribution in [3.63, 3.8) is 0 Å². The first kappa shape index (κ1) is 21.0. The summed E-state index contributed by atoms with van der Waals surface area (Å²) in [6.45, 7) is 0.963. The van der Waals surface area contributed by atoms with Crippen LogP contribution in [0.3, 0.4) is 0 Å². The van der Waals surface area contributed by atoms with E-state index in [-0.39, 0.29) is 10.8 Å².